The molecule has 8 nitrogen and oxygen atoms in total. The quantitative estimate of drug-likeness (QED) is 0.306. The number of hydrogen-bond acceptors (Lipinski definition) is 7. The third-order valence-electron chi connectivity index (χ3n) is 5.90. The van der Waals surface area contributed by atoms with Crippen molar-refractivity contribution < 1.29 is 19.9 Å². The van der Waals surface area contributed by atoms with E-state index in [1.807, 2.05) is 0 Å². The Bertz CT molecular complexity index is 903. The van der Waals surface area contributed by atoms with Crippen LogP contribution in [0.15, 0.2) is 33.3 Å². The van der Waals surface area contributed by atoms with Gasteiger partial charge >= 0.3 is 5.97 Å². The van der Waals surface area contributed by atoms with Gasteiger partial charge in [-0.05, 0) is 62.5 Å². The van der Waals surface area contributed by atoms with E-state index in [1.54, 1.807) is 5.38 Å². The highest BCUT2D eigenvalue weighted by atomic mass is 32.1. The van der Waals surface area contributed by atoms with Gasteiger partial charge in [-0.2, -0.15) is 0 Å². The summed E-state index contributed by atoms with van der Waals surface area (Å²) in [6.07, 6.45) is 11.8. The molecule has 31 heavy (non-hydrogen) atoms. The summed E-state index contributed by atoms with van der Waals surface area (Å²) in [5.41, 5.74) is 8.10. The van der Waals surface area contributed by atoms with Gasteiger partial charge in [0.05, 0.1) is 0 Å². The maximum Gasteiger partial charge on any atom is 0.331 e. The van der Waals surface area contributed by atoms with E-state index in [0.29, 0.717) is 18.4 Å². The van der Waals surface area contributed by atoms with Crippen LogP contribution in [0.25, 0.3) is 0 Å². The van der Waals surface area contributed by atoms with Gasteiger partial charge in [0.1, 0.15) is 5.69 Å². The molecule has 2 aliphatic carbocycles. The van der Waals surface area contributed by atoms with Crippen LogP contribution in [0.2, 0.25) is 0 Å². The molecule has 0 aliphatic heterocycles. The van der Waals surface area contributed by atoms with E-state index in [9.17, 15) is 19.9 Å². The Balaban J connectivity index is 1.84. The number of anilines is 1. The number of carbonyl (C=O) groups excluding carboxylic acids is 1. The third kappa shape index (κ3) is 6.16. The number of nitrogens with zero attached hydrogens (tertiary/aromatic N) is 2. The first-order chi connectivity index (χ1) is 15.0. The zero-order valence-corrected chi connectivity index (χ0v) is 18.4. The number of nitrogen functional groups attached to an aromatic ring is 1. The predicted octanol–water partition coefficient (Wildman–Crippen LogP) is 4.01. The average molecular weight is 447 g/mol. The van der Waals surface area contributed by atoms with Crippen molar-refractivity contribution in [1.29, 1.82) is 0 Å². The molecule has 168 valence electrons. The summed E-state index contributed by atoms with van der Waals surface area (Å²) in [5.74, 6) is -1.42. The number of amides is 1. The van der Waals surface area contributed by atoms with Gasteiger partial charge in [-0.1, -0.05) is 30.5 Å². The van der Waals surface area contributed by atoms with Gasteiger partial charge in [0, 0.05) is 17.0 Å². The molecule has 0 saturated carbocycles. The van der Waals surface area contributed by atoms with Crippen molar-refractivity contribution in [1.82, 2.24) is 10.3 Å². The lowest BCUT2D eigenvalue weighted by Gasteiger charge is -2.26. The zero-order chi connectivity index (χ0) is 22.2. The molecular weight excluding hydrogens is 416 g/mol. The molecule has 9 heteroatoms. The largest absolute Gasteiger partial charge is 0.478 e. The highest BCUT2D eigenvalue weighted by molar-refractivity contribution is 7.13. The summed E-state index contributed by atoms with van der Waals surface area (Å²) < 4.78 is 0. The number of thiazole rings is 1. The van der Waals surface area contributed by atoms with Crippen LogP contribution in [-0.2, 0) is 9.59 Å². The lowest BCUT2D eigenvalue weighted by molar-refractivity contribution is -0.132. The van der Waals surface area contributed by atoms with Crippen LogP contribution in [-0.4, -0.2) is 38.9 Å². The molecule has 0 spiro atoms. The van der Waals surface area contributed by atoms with Crippen LogP contribution in [0, 0.1) is 0 Å². The normalized spacial score (nSPS) is 23.7. The fourth-order valence-electron chi connectivity index (χ4n) is 4.33. The van der Waals surface area contributed by atoms with Gasteiger partial charge in [-0.25, -0.2) is 9.78 Å². The van der Waals surface area contributed by atoms with Gasteiger partial charge in [0.15, 0.2) is 10.8 Å². The van der Waals surface area contributed by atoms with Crippen LogP contribution in [0.3, 0.4) is 0 Å². The number of oxime groups is 1. The third-order valence-corrected chi connectivity index (χ3v) is 6.57. The molecular formula is C22H30N4O4S. The highest BCUT2D eigenvalue weighted by Crippen LogP contribution is 2.33. The summed E-state index contributed by atoms with van der Waals surface area (Å²) in [6.45, 7) is 0. The van der Waals surface area contributed by atoms with Gasteiger partial charge < -0.3 is 21.4 Å². The van der Waals surface area contributed by atoms with Crippen LogP contribution in [0.5, 0.6) is 0 Å². The van der Waals surface area contributed by atoms with Crippen molar-refractivity contribution in [3.63, 3.8) is 0 Å². The first kappa shape index (κ1) is 23.0. The lowest BCUT2D eigenvalue weighted by atomic mass is 9.83. The average Bonchev–Trinajstić information content (AvgIpc) is 3.10. The van der Waals surface area contributed by atoms with Gasteiger partial charge in [-0.15, -0.1) is 11.3 Å². The molecule has 0 fully saturated rings. The predicted molar refractivity (Wildman–Crippen MR) is 120 cm³/mol. The van der Waals surface area contributed by atoms with E-state index in [-0.39, 0.29) is 22.6 Å². The SMILES string of the molecule is Nc1nc(C(=NO)C(=O)NC2CCCC/C(C(=O)O)=C(/C3=CCCCCCC3)C2)cs1. The van der Waals surface area contributed by atoms with Crippen LogP contribution >= 0.6 is 11.3 Å². The molecule has 1 unspecified atom stereocenters. The molecule has 2 aliphatic rings. The monoisotopic (exact) mass is 446 g/mol. The Labute approximate surface area is 185 Å². The van der Waals surface area contributed by atoms with Crippen molar-refractivity contribution >= 4 is 34.1 Å². The Kier molecular flexibility index (Phi) is 8.22. The number of allylic oxidation sites excluding steroid dienone is 2. The Morgan fingerprint density at radius 2 is 1.94 bits per heavy atom. The van der Waals surface area contributed by atoms with E-state index < -0.39 is 11.9 Å². The zero-order valence-electron chi connectivity index (χ0n) is 17.6. The summed E-state index contributed by atoms with van der Waals surface area (Å²) in [5, 5.41) is 27.2. The van der Waals surface area contributed by atoms with Crippen LogP contribution in [0.1, 0.15) is 76.3 Å². The molecule has 1 aromatic rings. The fourth-order valence-corrected chi connectivity index (χ4v) is 4.88. The standard InChI is InChI=1S/C22H30N4O4S/c23-22-25-18(13-31-22)19(26-30)20(27)24-15-10-6-7-11-16(21(28)29)17(12-15)14-8-4-2-1-3-5-9-14/h8,13,15,30H,1-7,9-12H2,(H2,23,25)(H,24,27)(H,28,29)/b14-8?,17-16-,26-19?. The molecule has 0 aromatic carbocycles. The minimum atomic E-state index is -0.875. The summed E-state index contributed by atoms with van der Waals surface area (Å²) in [7, 11) is 0. The number of carboxylic acid groups (broad SMARTS) is 1. The fraction of sp³-hybridized carbons (Fsp3) is 0.545. The van der Waals surface area contributed by atoms with E-state index in [2.05, 4.69) is 21.5 Å². The topological polar surface area (TPSA) is 138 Å². The van der Waals surface area contributed by atoms with Crippen LogP contribution < -0.4 is 11.1 Å². The van der Waals surface area contributed by atoms with Crippen molar-refractivity contribution in [3.8, 4) is 0 Å². The molecule has 5 N–H and O–H groups in total. The summed E-state index contributed by atoms with van der Waals surface area (Å²) in [4.78, 5) is 28.9. The molecule has 1 amide bonds. The minimum Gasteiger partial charge on any atom is -0.478 e. The Hall–Kier alpha value is -2.68. The van der Waals surface area contributed by atoms with Crippen molar-refractivity contribution in [2.45, 2.75) is 76.7 Å². The second-order valence-corrected chi connectivity index (χ2v) is 8.97. The van der Waals surface area contributed by atoms with E-state index in [1.165, 1.54) is 6.42 Å². The number of aromatic nitrogens is 1. The summed E-state index contributed by atoms with van der Waals surface area (Å²) >= 11 is 1.16. The number of hydrogen-bond donors (Lipinski definition) is 4. The molecule has 0 saturated heterocycles. The van der Waals surface area contributed by atoms with E-state index in [4.69, 9.17) is 5.73 Å². The lowest BCUT2D eigenvalue weighted by Crippen LogP contribution is -2.40. The second-order valence-electron chi connectivity index (χ2n) is 8.08. The van der Waals surface area contributed by atoms with Crippen molar-refractivity contribution in [3.05, 3.63) is 33.9 Å². The van der Waals surface area contributed by atoms with Crippen molar-refractivity contribution in [2.75, 3.05) is 5.73 Å². The van der Waals surface area contributed by atoms with E-state index >= 15 is 0 Å². The second kappa shape index (κ2) is 11.1. The minimum absolute atomic E-state index is 0.191. The molecule has 1 aromatic heterocycles. The highest BCUT2D eigenvalue weighted by Gasteiger charge is 2.27. The molecule has 0 radical (unpaired) electrons. The number of carboxylic acids is 1. The van der Waals surface area contributed by atoms with E-state index in [0.717, 1.165) is 73.8 Å². The van der Waals surface area contributed by atoms with Gasteiger partial charge in [-0.3, -0.25) is 4.79 Å². The number of rotatable bonds is 5. The van der Waals surface area contributed by atoms with Crippen LogP contribution in [0.4, 0.5) is 5.13 Å². The smallest absolute Gasteiger partial charge is 0.331 e. The molecule has 1 atom stereocenters. The van der Waals surface area contributed by atoms with Gasteiger partial charge in [0.25, 0.3) is 5.91 Å². The summed E-state index contributed by atoms with van der Waals surface area (Å²) in [6, 6.07) is -0.253. The maximum atomic E-state index is 12.8. The number of nitrogens with two attached hydrogens (primary N) is 1. The van der Waals surface area contributed by atoms with Gasteiger partial charge in [0.2, 0.25) is 0 Å². The first-order valence-electron chi connectivity index (χ1n) is 10.9. The Morgan fingerprint density at radius 1 is 1.16 bits per heavy atom. The number of carbonyl (C=O) groups is 2. The Morgan fingerprint density at radius 3 is 2.65 bits per heavy atom. The first-order valence-corrected chi connectivity index (χ1v) is 11.8. The molecule has 3 rings (SSSR count). The number of aliphatic carboxylic acids is 1. The van der Waals surface area contributed by atoms with Crippen molar-refractivity contribution in [2.24, 2.45) is 5.16 Å². The molecule has 1 heterocycles. The maximum absolute atomic E-state index is 12.8. The molecule has 0 bridgehead atoms. The number of nitrogens with one attached hydrogen (secondary N) is 1.